The number of carbonyl (C=O) groups excluding carboxylic acids is 1. The summed E-state index contributed by atoms with van der Waals surface area (Å²) in [6.07, 6.45) is 0. The molecule has 12 heteroatoms. The maximum atomic E-state index is 12.8. The van der Waals surface area contributed by atoms with Crippen molar-refractivity contribution >= 4 is 29.2 Å². The highest BCUT2D eigenvalue weighted by atomic mass is 32.2. The van der Waals surface area contributed by atoms with E-state index >= 15 is 0 Å². The molecular weight excluding hydrogens is 444 g/mol. The highest BCUT2D eigenvalue weighted by molar-refractivity contribution is 7.98. The number of anilines is 1. The lowest BCUT2D eigenvalue weighted by Crippen LogP contribution is -2.23. The second kappa shape index (κ2) is 10.4. The zero-order valence-corrected chi connectivity index (χ0v) is 18.4. The van der Waals surface area contributed by atoms with Crippen LogP contribution in [0.5, 0.6) is 5.75 Å². The Balaban J connectivity index is 1.50. The van der Waals surface area contributed by atoms with Crippen molar-refractivity contribution in [1.82, 2.24) is 30.7 Å². The number of benzene rings is 2. The third-order valence-corrected chi connectivity index (χ3v) is 5.36. The van der Waals surface area contributed by atoms with E-state index < -0.39 is 5.91 Å². The van der Waals surface area contributed by atoms with E-state index in [1.807, 2.05) is 60.7 Å². The number of hydrogen-bond acceptors (Lipinski definition) is 10. The van der Waals surface area contributed by atoms with Crippen molar-refractivity contribution in [3.8, 4) is 11.6 Å². The van der Waals surface area contributed by atoms with Crippen LogP contribution >= 0.6 is 11.8 Å². The third-order valence-electron chi connectivity index (χ3n) is 4.33. The summed E-state index contributed by atoms with van der Waals surface area (Å²) in [6, 6.07) is 19.0. The zero-order valence-electron chi connectivity index (χ0n) is 17.6. The Hall–Kier alpha value is -4.19. The largest absolute Gasteiger partial charge is 0.488 e. The normalized spacial score (nSPS) is 11.4. The number of carbonyl (C=O) groups is 1. The fourth-order valence-electron chi connectivity index (χ4n) is 2.72. The minimum atomic E-state index is -0.529. The molecule has 0 saturated carbocycles. The molecule has 33 heavy (non-hydrogen) atoms. The summed E-state index contributed by atoms with van der Waals surface area (Å²) in [6.45, 7) is 1.96. The highest BCUT2D eigenvalue weighted by Gasteiger charge is 2.24. The Kier molecular flexibility index (Phi) is 6.95. The molecule has 0 aliphatic rings. The van der Waals surface area contributed by atoms with Crippen LogP contribution in [0.3, 0.4) is 0 Å². The second-order valence-electron chi connectivity index (χ2n) is 6.76. The van der Waals surface area contributed by atoms with E-state index in [-0.39, 0.29) is 23.9 Å². The van der Waals surface area contributed by atoms with Gasteiger partial charge < -0.3 is 10.5 Å². The van der Waals surface area contributed by atoms with Gasteiger partial charge in [-0.05, 0) is 41.5 Å². The minimum absolute atomic E-state index is 0.0322. The van der Waals surface area contributed by atoms with Gasteiger partial charge in [-0.1, -0.05) is 41.6 Å². The molecule has 0 fully saturated rings. The molecule has 0 radical (unpaired) electrons. The van der Waals surface area contributed by atoms with Crippen LogP contribution in [0.25, 0.3) is 5.82 Å². The number of aromatic nitrogens is 5. The van der Waals surface area contributed by atoms with Crippen LogP contribution in [0.1, 0.15) is 23.1 Å². The molecule has 3 N–H and O–H groups in total. The molecule has 168 valence electrons. The minimum Gasteiger partial charge on any atom is -0.488 e. The number of rotatable bonds is 9. The number of nitrogens with zero attached hydrogens (tertiary/aromatic N) is 6. The SMILES string of the molecule is C/C(COc1ccccc1)=N/NC(=O)c1nnn(-c2nonc2N)c1CSc1ccccc1. The summed E-state index contributed by atoms with van der Waals surface area (Å²) >= 11 is 1.50. The first-order valence-electron chi connectivity index (χ1n) is 9.84. The van der Waals surface area contributed by atoms with Crippen LogP contribution in [0, 0.1) is 0 Å². The molecule has 0 aliphatic carbocycles. The summed E-state index contributed by atoms with van der Waals surface area (Å²) in [5, 5.41) is 19.5. The topological polar surface area (TPSA) is 146 Å². The van der Waals surface area contributed by atoms with Gasteiger partial charge in [0.05, 0.1) is 11.4 Å². The van der Waals surface area contributed by atoms with Crippen molar-refractivity contribution in [2.75, 3.05) is 12.3 Å². The standard InChI is InChI=1S/C21H20N8O3S/c1-14(12-31-15-8-4-2-5-9-15)23-25-21(30)18-17(13-33-16-10-6-3-7-11-16)29(28-24-18)20-19(22)26-32-27-20/h2-11H,12-13H2,1H3,(H2,22,26)(H,25,30)/b23-14-. The van der Waals surface area contributed by atoms with Gasteiger partial charge >= 0.3 is 0 Å². The summed E-state index contributed by atoms with van der Waals surface area (Å²) in [7, 11) is 0. The first kappa shape index (κ1) is 22.0. The van der Waals surface area contributed by atoms with Gasteiger partial charge in [0.15, 0.2) is 5.69 Å². The molecule has 0 spiro atoms. The van der Waals surface area contributed by atoms with Gasteiger partial charge in [-0.3, -0.25) is 4.79 Å². The number of nitrogens with two attached hydrogens (primary N) is 1. The fraction of sp³-hybridized carbons (Fsp3) is 0.143. The maximum absolute atomic E-state index is 12.8. The van der Waals surface area contributed by atoms with Crippen LogP contribution < -0.4 is 15.9 Å². The molecule has 0 bridgehead atoms. The molecule has 11 nitrogen and oxygen atoms in total. The van der Waals surface area contributed by atoms with Crippen molar-refractivity contribution in [2.24, 2.45) is 5.10 Å². The molecule has 0 unspecified atom stereocenters. The lowest BCUT2D eigenvalue weighted by atomic mass is 10.3. The molecule has 2 aromatic carbocycles. The molecular formula is C21H20N8O3S. The zero-order chi connectivity index (χ0) is 23.0. The van der Waals surface area contributed by atoms with Crippen molar-refractivity contribution < 1.29 is 14.2 Å². The third kappa shape index (κ3) is 5.54. The van der Waals surface area contributed by atoms with E-state index in [2.05, 4.69) is 35.8 Å². The summed E-state index contributed by atoms with van der Waals surface area (Å²) in [5.41, 5.74) is 9.44. The van der Waals surface area contributed by atoms with E-state index in [1.54, 1.807) is 6.92 Å². The van der Waals surface area contributed by atoms with Crippen LogP contribution in [0.4, 0.5) is 5.82 Å². The van der Waals surface area contributed by atoms with Crippen LogP contribution in [-0.2, 0) is 5.75 Å². The Bertz CT molecular complexity index is 1240. The Morgan fingerprint density at radius 1 is 1.15 bits per heavy atom. The molecule has 1 amide bonds. The fourth-order valence-corrected chi connectivity index (χ4v) is 3.63. The number of thioether (sulfide) groups is 1. The number of hydrazone groups is 1. The van der Waals surface area contributed by atoms with Crippen molar-refractivity contribution in [2.45, 2.75) is 17.6 Å². The van der Waals surface area contributed by atoms with Gasteiger partial charge in [-0.25, -0.2) is 10.1 Å². The van der Waals surface area contributed by atoms with Gasteiger partial charge in [0.2, 0.25) is 11.6 Å². The smallest absolute Gasteiger partial charge is 0.293 e. The first-order valence-corrected chi connectivity index (χ1v) is 10.8. The van der Waals surface area contributed by atoms with Gasteiger partial charge in [-0.15, -0.1) is 16.9 Å². The number of nitrogen functional groups attached to an aromatic ring is 1. The summed E-state index contributed by atoms with van der Waals surface area (Å²) < 4.78 is 11.6. The average Bonchev–Trinajstić information content (AvgIpc) is 3.46. The number of ether oxygens (including phenoxy) is 1. The molecule has 0 atom stereocenters. The number of nitrogens with one attached hydrogen (secondary N) is 1. The molecule has 4 rings (SSSR count). The Morgan fingerprint density at radius 2 is 1.88 bits per heavy atom. The molecule has 0 saturated heterocycles. The summed E-state index contributed by atoms with van der Waals surface area (Å²) in [4.78, 5) is 13.9. The molecule has 0 aliphatic heterocycles. The van der Waals surface area contributed by atoms with E-state index in [1.165, 1.54) is 16.4 Å². The van der Waals surface area contributed by atoms with Crippen LogP contribution in [0.15, 0.2) is 75.3 Å². The first-order chi connectivity index (χ1) is 16.1. The molecule has 2 heterocycles. The van der Waals surface area contributed by atoms with E-state index in [0.717, 1.165) is 4.90 Å². The number of hydrogen-bond donors (Lipinski definition) is 2. The maximum Gasteiger partial charge on any atom is 0.293 e. The van der Waals surface area contributed by atoms with E-state index in [4.69, 9.17) is 10.5 Å². The monoisotopic (exact) mass is 464 g/mol. The predicted octanol–water partition coefficient (Wildman–Crippen LogP) is 2.71. The Labute approximate surface area is 193 Å². The van der Waals surface area contributed by atoms with Crippen molar-refractivity contribution in [1.29, 1.82) is 0 Å². The van der Waals surface area contributed by atoms with E-state index in [9.17, 15) is 4.79 Å². The Morgan fingerprint density at radius 3 is 2.58 bits per heavy atom. The van der Waals surface area contributed by atoms with E-state index in [0.29, 0.717) is 22.9 Å². The van der Waals surface area contributed by atoms with Crippen molar-refractivity contribution in [3.63, 3.8) is 0 Å². The molecule has 4 aromatic rings. The number of para-hydroxylation sites is 1. The van der Waals surface area contributed by atoms with Crippen LogP contribution in [0.2, 0.25) is 0 Å². The van der Waals surface area contributed by atoms with Gasteiger partial charge in [0.1, 0.15) is 12.4 Å². The quantitative estimate of drug-likeness (QED) is 0.217. The predicted molar refractivity (Wildman–Crippen MR) is 122 cm³/mol. The lowest BCUT2D eigenvalue weighted by molar-refractivity contribution is 0.0949. The second-order valence-corrected chi connectivity index (χ2v) is 7.81. The summed E-state index contributed by atoms with van der Waals surface area (Å²) in [5.74, 6) is 0.733. The van der Waals surface area contributed by atoms with Crippen LogP contribution in [-0.4, -0.2) is 43.5 Å². The highest BCUT2D eigenvalue weighted by Crippen LogP contribution is 2.25. The van der Waals surface area contributed by atoms with Gasteiger partial charge in [0.25, 0.3) is 5.91 Å². The lowest BCUT2D eigenvalue weighted by Gasteiger charge is -2.07. The van der Waals surface area contributed by atoms with Gasteiger partial charge in [0, 0.05) is 10.6 Å². The number of amides is 1. The molecule has 2 aromatic heterocycles. The average molecular weight is 465 g/mol. The van der Waals surface area contributed by atoms with Gasteiger partial charge in [-0.2, -0.15) is 9.78 Å². The van der Waals surface area contributed by atoms with Crippen molar-refractivity contribution in [3.05, 3.63) is 72.1 Å².